The van der Waals surface area contributed by atoms with Gasteiger partial charge in [-0.05, 0) is 34.0 Å². The van der Waals surface area contributed by atoms with Crippen LogP contribution in [0.25, 0.3) is 5.52 Å². The number of carbonyl (C=O) groups is 1. The SMILES string of the molecule is CC(C)C(=O)c1c(C(C)C)nn2c(Br)cccc12. The van der Waals surface area contributed by atoms with Crippen molar-refractivity contribution in [3.63, 3.8) is 0 Å². The minimum atomic E-state index is -0.0190. The molecule has 0 radical (unpaired) electrons. The van der Waals surface area contributed by atoms with Gasteiger partial charge < -0.3 is 0 Å². The van der Waals surface area contributed by atoms with Crippen LogP contribution in [-0.4, -0.2) is 15.4 Å². The fourth-order valence-electron chi connectivity index (χ4n) is 2.00. The molecule has 2 heterocycles. The van der Waals surface area contributed by atoms with E-state index in [-0.39, 0.29) is 17.6 Å². The molecule has 2 aromatic rings. The van der Waals surface area contributed by atoms with Gasteiger partial charge in [-0.25, -0.2) is 4.52 Å². The molecule has 0 saturated heterocycles. The van der Waals surface area contributed by atoms with Crippen LogP contribution in [0.1, 0.15) is 49.7 Å². The molecule has 3 nitrogen and oxygen atoms in total. The Labute approximate surface area is 115 Å². The predicted octanol–water partition coefficient (Wildman–Crippen LogP) is 4.06. The summed E-state index contributed by atoms with van der Waals surface area (Å²) in [5, 5.41) is 4.56. The van der Waals surface area contributed by atoms with E-state index in [0.29, 0.717) is 0 Å². The molecule has 96 valence electrons. The number of fused-ring (bicyclic) bond motifs is 1. The van der Waals surface area contributed by atoms with Gasteiger partial charge in [0.05, 0.1) is 16.8 Å². The van der Waals surface area contributed by atoms with Crippen LogP contribution in [0.5, 0.6) is 0 Å². The maximum absolute atomic E-state index is 12.4. The highest BCUT2D eigenvalue weighted by Gasteiger charge is 2.23. The van der Waals surface area contributed by atoms with Crippen molar-refractivity contribution in [3.05, 3.63) is 34.1 Å². The maximum atomic E-state index is 12.4. The van der Waals surface area contributed by atoms with Gasteiger partial charge in [-0.2, -0.15) is 5.10 Å². The number of pyridine rings is 1. The number of nitrogens with zero attached hydrogens (tertiary/aromatic N) is 2. The third kappa shape index (κ3) is 2.09. The van der Waals surface area contributed by atoms with Crippen molar-refractivity contribution in [1.29, 1.82) is 0 Å². The summed E-state index contributed by atoms with van der Waals surface area (Å²) in [6.45, 7) is 7.97. The van der Waals surface area contributed by atoms with Crippen molar-refractivity contribution in [2.45, 2.75) is 33.6 Å². The third-order valence-electron chi connectivity index (χ3n) is 2.96. The van der Waals surface area contributed by atoms with E-state index < -0.39 is 0 Å². The average Bonchev–Trinajstić information content (AvgIpc) is 2.68. The van der Waals surface area contributed by atoms with Crippen molar-refractivity contribution >= 4 is 27.2 Å². The molecule has 0 fully saturated rings. The van der Waals surface area contributed by atoms with Crippen LogP contribution in [-0.2, 0) is 0 Å². The highest BCUT2D eigenvalue weighted by atomic mass is 79.9. The van der Waals surface area contributed by atoms with Crippen LogP contribution in [0, 0.1) is 5.92 Å². The molecule has 0 aromatic carbocycles. The lowest BCUT2D eigenvalue weighted by molar-refractivity contribution is 0.0939. The van der Waals surface area contributed by atoms with Crippen LogP contribution < -0.4 is 0 Å². The van der Waals surface area contributed by atoms with Gasteiger partial charge >= 0.3 is 0 Å². The Hall–Kier alpha value is -1.16. The fraction of sp³-hybridized carbons (Fsp3) is 0.429. The van der Waals surface area contributed by atoms with E-state index in [9.17, 15) is 4.79 Å². The molecule has 2 aromatic heterocycles. The average molecular weight is 309 g/mol. The van der Waals surface area contributed by atoms with E-state index in [4.69, 9.17) is 0 Å². The number of Topliss-reactive ketones (excluding diaryl/α,β-unsaturated/α-hetero) is 1. The molecule has 0 N–H and O–H groups in total. The normalized spacial score (nSPS) is 11.7. The van der Waals surface area contributed by atoms with Crippen molar-refractivity contribution in [2.24, 2.45) is 5.92 Å². The van der Waals surface area contributed by atoms with Crippen LogP contribution >= 0.6 is 15.9 Å². The second kappa shape index (κ2) is 4.84. The van der Waals surface area contributed by atoms with Crippen LogP contribution in [0.2, 0.25) is 0 Å². The molecule has 0 atom stereocenters. The Balaban J connectivity index is 2.79. The first-order valence-corrected chi connectivity index (χ1v) is 6.94. The van der Waals surface area contributed by atoms with Crippen LogP contribution in [0.3, 0.4) is 0 Å². The quantitative estimate of drug-likeness (QED) is 0.633. The summed E-state index contributed by atoms with van der Waals surface area (Å²) in [5.41, 5.74) is 2.52. The number of halogens is 1. The number of hydrogen-bond acceptors (Lipinski definition) is 2. The predicted molar refractivity (Wildman–Crippen MR) is 76.1 cm³/mol. The van der Waals surface area contributed by atoms with Gasteiger partial charge in [-0.1, -0.05) is 33.8 Å². The molecule has 0 aliphatic rings. The molecule has 0 bridgehead atoms. The maximum Gasteiger partial charge on any atom is 0.169 e. The fourth-order valence-corrected chi connectivity index (χ4v) is 2.42. The number of ketones is 1. The van der Waals surface area contributed by atoms with Gasteiger partial charge in [0.1, 0.15) is 4.60 Å². The van der Waals surface area contributed by atoms with Crippen molar-refractivity contribution < 1.29 is 4.79 Å². The van der Waals surface area contributed by atoms with E-state index in [2.05, 4.69) is 34.9 Å². The monoisotopic (exact) mass is 308 g/mol. The van der Waals surface area contributed by atoms with Crippen LogP contribution in [0.4, 0.5) is 0 Å². The van der Waals surface area contributed by atoms with E-state index in [1.54, 1.807) is 4.52 Å². The van der Waals surface area contributed by atoms with Gasteiger partial charge in [0, 0.05) is 5.92 Å². The molecule has 0 unspecified atom stereocenters. The second-order valence-electron chi connectivity index (χ2n) is 5.08. The number of hydrogen-bond donors (Lipinski definition) is 0. The van der Waals surface area contributed by atoms with Gasteiger partial charge in [-0.3, -0.25) is 4.79 Å². The zero-order valence-electron chi connectivity index (χ0n) is 11.1. The zero-order valence-corrected chi connectivity index (χ0v) is 12.7. The number of carbonyl (C=O) groups excluding carboxylic acids is 1. The second-order valence-corrected chi connectivity index (χ2v) is 5.89. The van der Waals surface area contributed by atoms with Gasteiger partial charge in [0.25, 0.3) is 0 Å². The molecule has 0 aliphatic heterocycles. The lowest BCUT2D eigenvalue weighted by Crippen LogP contribution is -2.10. The molecule has 2 rings (SSSR count). The first-order valence-electron chi connectivity index (χ1n) is 6.14. The van der Waals surface area contributed by atoms with E-state index in [1.807, 2.05) is 32.0 Å². The smallest absolute Gasteiger partial charge is 0.169 e. The summed E-state index contributed by atoms with van der Waals surface area (Å²) in [7, 11) is 0. The molecule has 0 aliphatic carbocycles. The van der Waals surface area contributed by atoms with Gasteiger partial charge in [-0.15, -0.1) is 0 Å². The molecular weight excluding hydrogens is 292 g/mol. The molecule has 0 amide bonds. The van der Waals surface area contributed by atoms with E-state index >= 15 is 0 Å². The Morgan fingerprint density at radius 3 is 2.50 bits per heavy atom. The molecule has 4 heteroatoms. The topological polar surface area (TPSA) is 34.4 Å². The Bertz CT molecular complexity index is 599. The molecule has 18 heavy (non-hydrogen) atoms. The molecule has 0 spiro atoms. The minimum absolute atomic E-state index is 0.0190. The Morgan fingerprint density at radius 2 is 1.94 bits per heavy atom. The van der Waals surface area contributed by atoms with Gasteiger partial charge in [0.2, 0.25) is 0 Å². The summed E-state index contributed by atoms with van der Waals surface area (Å²) in [4.78, 5) is 12.4. The lowest BCUT2D eigenvalue weighted by atomic mass is 9.95. The summed E-state index contributed by atoms with van der Waals surface area (Å²) in [6, 6.07) is 5.80. The third-order valence-corrected chi connectivity index (χ3v) is 3.56. The van der Waals surface area contributed by atoms with Gasteiger partial charge in [0.15, 0.2) is 5.78 Å². The lowest BCUT2D eigenvalue weighted by Gasteiger charge is -2.07. The largest absolute Gasteiger partial charge is 0.294 e. The molecular formula is C14H17BrN2O. The Kier molecular flexibility index (Phi) is 3.57. The van der Waals surface area contributed by atoms with Crippen molar-refractivity contribution in [1.82, 2.24) is 9.61 Å². The minimum Gasteiger partial charge on any atom is -0.294 e. The summed E-state index contributed by atoms with van der Waals surface area (Å²) >= 11 is 3.47. The number of aromatic nitrogens is 2. The van der Waals surface area contributed by atoms with E-state index in [0.717, 1.165) is 21.4 Å². The summed E-state index contributed by atoms with van der Waals surface area (Å²) in [6.07, 6.45) is 0. The first-order chi connectivity index (χ1) is 8.43. The van der Waals surface area contributed by atoms with Crippen LogP contribution in [0.15, 0.2) is 22.8 Å². The standard InChI is InChI=1S/C14H17BrN2O/c1-8(2)13-12(14(18)9(3)4)10-6-5-7-11(15)17(10)16-13/h5-9H,1-4H3. The molecule has 0 saturated carbocycles. The first kappa shape index (κ1) is 13.3. The van der Waals surface area contributed by atoms with E-state index in [1.165, 1.54) is 0 Å². The highest BCUT2D eigenvalue weighted by molar-refractivity contribution is 9.10. The summed E-state index contributed by atoms with van der Waals surface area (Å²) < 4.78 is 2.66. The van der Waals surface area contributed by atoms with Crippen molar-refractivity contribution in [2.75, 3.05) is 0 Å². The number of rotatable bonds is 3. The zero-order chi connectivity index (χ0) is 13.4. The van der Waals surface area contributed by atoms with Crippen molar-refractivity contribution in [3.8, 4) is 0 Å². The highest BCUT2D eigenvalue weighted by Crippen LogP contribution is 2.27. The Morgan fingerprint density at radius 1 is 1.28 bits per heavy atom. The summed E-state index contributed by atoms with van der Waals surface area (Å²) in [5.74, 6) is 0.371.